The molecule has 1 unspecified atom stereocenters. The van der Waals surface area contributed by atoms with Crippen molar-refractivity contribution in [3.8, 4) is 0 Å². The van der Waals surface area contributed by atoms with Crippen molar-refractivity contribution in [1.29, 1.82) is 0 Å². The number of nitrogens with one attached hydrogen (secondary N) is 1. The molecular formula is C12H16BrN3O2. The SMILES string of the molecule is Cc1cc(NC(=O)C(N)CC(N)=O)cc(C)c1Br. The average molecular weight is 314 g/mol. The van der Waals surface area contributed by atoms with E-state index in [0.717, 1.165) is 15.6 Å². The van der Waals surface area contributed by atoms with Crippen LogP contribution in [0.4, 0.5) is 5.69 Å². The summed E-state index contributed by atoms with van der Waals surface area (Å²) in [7, 11) is 0. The van der Waals surface area contributed by atoms with Gasteiger partial charge in [-0.1, -0.05) is 15.9 Å². The Labute approximate surface area is 114 Å². The lowest BCUT2D eigenvalue weighted by molar-refractivity contribution is -0.123. The molecule has 0 bridgehead atoms. The number of carbonyl (C=O) groups excluding carboxylic acids is 2. The lowest BCUT2D eigenvalue weighted by atomic mass is 10.1. The molecule has 18 heavy (non-hydrogen) atoms. The second-order valence-corrected chi connectivity index (χ2v) is 4.98. The molecule has 5 N–H and O–H groups in total. The van der Waals surface area contributed by atoms with Crippen molar-refractivity contribution in [2.24, 2.45) is 11.5 Å². The Hall–Kier alpha value is -1.40. The van der Waals surface area contributed by atoms with E-state index in [4.69, 9.17) is 11.5 Å². The van der Waals surface area contributed by atoms with E-state index in [2.05, 4.69) is 21.2 Å². The lowest BCUT2D eigenvalue weighted by Gasteiger charge is -2.12. The quantitative estimate of drug-likeness (QED) is 0.779. The van der Waals surface area contributed by atoms with Gasteiger partial charge in [-0.15, -0.1) is 0 Å². The number of amides is 2. The molecule has 0 fully saturated rings. The fourth-order valence-corrected chi connectivity index (χ4v) is 1.79. The highest BCUT2D eigenvalue weighted by Crippen LogP contribution is 2.25. The highest BCUT2D eigenvalue weighted by atomic mass is 79.9. The van der Waals surface area contributed by atoms with Gasteiger partial charge in [0, 0.05) is 10.2 Å². The molecule has 0 aliphatic heterocycles. The summed E-state index contributed by atoms with van der Waals surface area (Å²) in [6.45, 7) is 3.85. The lowest BCUT2D eigenvalue weighted by Crippen LogP contribution is -2.39. The van der Waals surface area contributed by atoms with Crippen LogP contribution in [0.15, 0.2) is 16.6 Å². The first-order valence-electron chi connectivity index (χ1n) is 5.42. The van der Waals surface area contributed by atoms with Crippen molar-refractivity contribution in [1.82, 2.24) is 0 Å². The summed E-state index contributed by atoms with van der Waals surface area (Å²) in [6.07, 6.45) is -0.166. The van der Waals surface area contributed by atoms with Crippen LogP contribution >= 0.6 is 15.9 Å². The molecule has 0 spiro atoms. The van der Waals surface area contributed by atoms with E-state index in [-0.39, 0.29) is 6.42 Å². The van der Waals surface area contributed by atoms with Gasteiger partial charge in [0.05, 0.1) is 12.5 Å². The number of benzene rings is 1. The minimum Gasteiger partial charge on any atom is -0.370 e. The second kappa shape index (κ2) is 5.97. The molecule has 1 atom stereocenters. The van der Waals surface area contributed by atoms with Crippen molar-refractivity contribution in [2.75, 3.05) is 5.32 Å². The summed E-state index contributed by atoms with van der Waals surface area (Å²) in [5.74, 6) is -1.02. The maximum Gasteiger partial charge on any atom is 0.241 e. The largest absolute Gasteiger partial charge is 0.370 e. The first-order valence-corrected chi connectivity index (χ1v) is 6.22. The number of nitrogens with two attached hydrogens (primary N) is 2. The van der Waals surface area contributed by atoms with E-state index < -0.39 is 17.9 Å². The van der Waals surface area contributed by atoms with E-state index in [1.165, 1.54) is 0 Å². The van der Waals surface area contributed by atoms with Gasteiger partial charge in [0.15, 0.2) is 0 Å². The first-order chi connectivity index (χ1) is 8.31. The van der Waals surface area contributed by atoms with Crippen molar-refractivity contribution < 1.29 is 9.59 Å². The fraction of sp³-hybridized carbons (Fsp3) is 0.333. The molecule has 0 aliphatic rings. The van der Waals surface area contributed by atoms with Crippen LogP contribution in [-0.2, 0) is 9.59 Å². The summed E-state index contributed by atoms with van der Waals surface area (Å²) in [5, 5.41) is 2.66. The predicted molar refractivity (Wildman–Crippen MR) is 74.0 cm³/mol. The molecule has 0 aliphatic carbocycles. The van der Waals surface area contributed by atoms with Gasteiger partial charge in [0.2, 0.25) is 11.8 Å². The maximum atomic E-state index is 11.7. The number of primary amides is 1. The standard InChI is InChI=1S/C12H16BrN3O2/c1-6-3-8(4-7(2)11(6)13)16-12(18)9(14)5-10(15)17/h3-4,9H,5,14H2,1-2H3,(H2,15,17)(H,16,18). The molecule has 1 aromatic carbocycles. The molecule has 0 aromatic heterocycles. The number of halogens is 1. The third kappa shape index (κ3) is 3.82. The van der Waals surface area contributed by atoms with Gasteiger partial charge in [0.1, 0.15) is 0 Å². The Bertz CT molecular complexity index is 465. The number of anilines is 1. The Balaban J connectivity index is 2.79. The monoisotopic (exact) mass is 313 g/mol. The summed E-state index contributed by atoms with van der Waals surface area (Å²) in [4.78, 5) is 22.4. The summed E-state index contributed by atoms with van der Waals surface area (Å²) in [5.41, 5.74) is 13.2. The Kier molecular flexibility index (Phi) is 4.86. The summed E-state index contributed by atoms with van der Waals surface area (Å²) < 4.78 is 1.00. The van der Waals surface area contributed by atoms with E-state index in [9.17, 15) is 9.59 Å². The zero-order valence-electron chi connectivity index (χ0n) is 10.3. The van der Waals surface area contributed by atoms with Gasteiger partial charge < -0.3 is 16.8 Å². The molecular weight excluding hydrogens is 298 g/mol. The molecule has 1 rings (SSSR count). The van der Waals surface area contributed by atoms with Gasteiger partial charge in [-0.25, -0.2) is 0 Å². The fourth-order valence-electron chi connectivity index (χ4n) is 1.56. The summed E-state index contributed by atoms with van der Waals surface area (Å²) >= 11 is 3.44. The number of rotatable bonds is 4. The van der Waals surface area contributed by atoms with Crippen LogP contribution in [0.1, 0.15) is 17.5 Å². The average Bonchev–Trinajstić information content (AvgIpc) is 2.24. The van der Waals surface area contributed by atoms with Crippen LogP contribution < -0.4 is 16.8 Å². The predicted octanol–water partition coefficient (Wildman–Crippen LogP) is 1.21. The highest BCUT2D eigenvalue weighted by molar-refractivity contribution is 9.10. The van der Waals surface area contributed by atoms with E-state index in [1.807, 2.05) is 26.0 Å². The van der Waals surface area contributed by atoms with Crippen LogP contribution in [0.25, 0.3) is 0 Å². The van der Waals surface area contributed by atoms with Crippen LogP contribution in [-0.4, -0.2) is 17.9 Å². The Morgan fingerprint density at radius 2 is 1.83 bits per heavy atom. The van der Waals surface area contributed by atoms with E-state index in [1.54, 1.807) is 0 Å². The van der Waals surface area contributed by atoms with Crippen molar-refractivity contribution in [3.05, 3.63) is 27.7 Å². The zero-order valence-corrected chi connectivity index (χ0v) is 11.9. The smallest absolute Gasteiger partial charge is 0.241 e. The topological polar surface area (TPSA) is 98.2 Å². The zero-order chi connectivity index (χ0) is 13.9. The molecule has 2 amide bonds. The molecule has 98 valence electrons. The van der Waals surface area contributed by atoms with Gasteiger partial charge in [0.25, 0.3) is 0 Å². The molecule has 6 heteroatoms. The normalized spacial score (nSPS) is 12.0. The highest BCUT2D eigenvalue weighted by Gasteiger charge is 2.16. The van der Waals surface area contributed by atoms with Crippen LogP contribution in [0.3, 0.4) is 0 Å². The molecule has 5 nitrogen and oxygen atoms in total. The molecule has 0 saturated heterocycles. The minimum absolute atomic E-state index is 0.166. The van der Waals surface area contributed by atoms with Gasteiger partial charge in [-0.2, -0.15) is 0 Å². The number of hydrogen-bond acceptors (Lipinski definition) is 3. The first kappa shape index (κ1) is 14.7. The molecule has 1 aromatic rings. The van der Waals surface area contributed by atoms with Crippen molar-refractivity contribution in [3.63, 3.8) is 0 Å². The third-order valence-electron chi connectivity index (χ3n) is 2.46. The van der Waals surface area contributed by atoms with Crippen LogP contribution in [0.5, 0.6) is 0 Å². The molecule has 0 saturated carbocycles. The van der Waals surface area contributed by atoms with E-state index in [0.29, 0.717) is 5.69 Å². The second-order valence-electron chi connectivity index (χ2n) is 4.19. The van der Waals surface area contributed by atoms with Gasteiger partial charge in [-0.05, 0) is 37.1 Å². The molecule has 0 radical (unpaired) electrons. The van der Waals surface area contributed by atoms with E-state index >= 15 is 0 Å². The number of carbonyl (C=O) groups is 2. The van der Waals surface area contributed by atoms with Crippen molar-refractivity contribution >= 4 is 33.4 Å². The number of hydrogen-bond donors (Lipinski definition) is 3. The van der Waals surface area contributed by atoms with Gasteiger partial charge in [-0.3, -0.25) is 9.59 Å². The third-order valence-corrected chi connectivity index (χ3v) is 3.71. The summed E-state index contributed by atoms with van der Waals surface area (Å²) in [6, 6.07) is 2.73. The van der Waals surface area contributed by atoms with Crippen LogP contribution in [0.2, 0.25) is 0 Å². The van der Waals surface area contributed by atoms with Crippen LogP contribution in [0, 0.1) is 13.8 Å². The molecule has 0 heterocycles. The Morgan fingerprint density at radius 3 is 2.28 bits per heavy atom. The maximum absolute atomic E-state index is 11.7. The Morgan fingerprint density at radius 1 is 1.33 bits per heavy atom. The number of aryl methyl sites for hydroxylation is 2. The van der Waals surface area contributed by atoms with Gasteiger partial charge >= 0.3 is 0 Å². The minimum atomic E-state index is -0.924. The van der Waals surface area contributed by atoms with Crippen molar-refractivity contribution in [2.45, 2.75) is 26.3 Å².